The Labute approximate surface area is 117 Å². The van der Waals surface area contributed by atoms with Gasteiger partial charge in [-0.15, -0.1) is 0 Å². The molecule has 2 heterocycles. The summed E-state index contributed by atoms with van der Waals surface area (Å²) in [4.78, 5) is 25.8. The summed E-state index contributed by atoms with van der Waals surface area (Å²) in [6.07, 6.45) is 3.59. The molecule has 4 heteroatoms. The zero-order valence-electron chi connectivity index (χ0n) is 10.6. The fourth-order valence-electron chi connectivity index (χ4n) is 3.19. The molecule has 0 radical (unpaired) electrons. The lowest BCUT2D eigenvalue weighted by Gasteiger charge is -2.37. The van der Waals surface area contributed by atoms with Gasteiger partial charge in [-0.25, -0.2) is 0 Å². The van der Waals surface area contributed by atoms with Crippen molar-refractivity contribution in [1.29, 1.82) is 0 Å². The summed E-state index contributed by atoms with van der Waals surface area (Å²) >= 11 is 5.60. The zero-order chi connectivity index (χ0) is 13.4. The lowest BCUT2D eigenvalue weighted by Crippen LogP contribution is -2.47. The number of piperidine rings is 1. The fourth-order valence-corrected chi connectivity index (χ4v) is 3.36. The van der Waals surface area contributed by atoms with Crippen LogP contribution >= 0.6 is 11.6 Å². The predicted octanol–water partition coefficient (Wildman–Crippen LogP) is 2.62. The van der Waals surface area contributed by atoms with Crippen molar-refractivity contribution in [2.45, 2.75) is 31.7 Å². The van der Waals surface area contributed by atoms with Gasteiger partial charge >= 0.3 is 0 Å². The Morgan fingerprint density at radius 1 is 1.21 bits per heavy atom. The molecule has 0 bridgehead atoms. The smallest absolute Gasteiger partial charge is 0.254 e. The van der Waals surface area contributed by atoms with Gasteiger partial charge in [0.25, 0.3) is 5.91 Å². The average molecular weight is 278 g/mol. The molecule has 1 aromatic carbocycles. The maximum absolute atomic E-state index is 12.6. The zero-order valence-corrected chi connectivity index (χ0v) is 11.4. The van der Waals surface area contributed by atoms with Gasteiger partial charge in [0.2, 0.25) is 5.24 Å². The molecule has 1 fully saturated rings. The van der Waals surface area contributed by atoms with Crippen molar-refractivity contribution in [3.8, 4) is 0 Å². The quantitative estimate of drug-likeness (QED) is 0.740. The van der Waals surface area contributed by atoms with Crippen LogP contribution in [0.5, 0.6) is 0 Å². The minimum Gasteiger partial charge on any atom is -0.335 e. The van der Waals surface area contributed by atoms with Gasteiger partial charge in [-0.1, -0.05) is 18.2 Å². The number of amides is 1. The Morgan fingerprint density at radius 3 is 2.79 bits per heavy atom. The van der Waals surface area contributed by atoms with Crippen LogP contribution in [0.2, 0.25) is 0 Å². The molecule has 0 aliphatic carbocycles. The van der Waals surface area contributed by atoms with E-state index in [2.05, 4.69) is 0 Å². The molecule has 0 spiro atoms. The lowest BCUT2D eigenvalue weighted by atomic mass is 9.91. The summed E-state index contributed by atoms with van der Waals surface area (Å²) in [6.45, 7) is 0.472. The van der Waals surface area contributed by atoms with Gasteiger partial charge in [0, 0.05) is 18.2 Å². The van der Waals surface area contributed by atoms with Crippen molar-refractivity contribution >= 4 is 22.8 Å². The van der Waals surface area contributed by atoms with E-state index >= 15 is 0 Å². The first kappa shape index (κ1) is 12.7. The first-order valence-corrected chi connectivity index (χ1v) is 7.13. The number of nitrogens with zero attached hydrogens (tertiary/aromatic N) is 1. The van der Waals surface area contributed by atoms with E-state index in [1.165, 1.54) is 0 Å². The van der Waals surface area contributed by atoms with Crippen LogP contribution in [0.15, 0.2) is 24.3 Å². The van der Waals surface area contributed by atoms with E-state index in [1.54, 1.807) is 0 Å². The third kappa shape index (κ3) is 2.27. The Bertz CT molecular complexity index is 529. The summed E-state index contributed by atoms with van der Waals surface area (Å²) in [5.41, 5.74) is 1.91. The highest BCUT2D eigenvalue weighted by atomic mass is 35.5. The first-order valence-electron chi connectivity index (χ1n) is 6.75. The van der Waals surface area contributed by atoms with Crippen molar-refractivity contribution in [1.82, 2.24) is 4.90 Å². The predicted molar refractivity (Wildman–Crippen MR) is 73.2 cm³/mol. The summed E-state index contributed by atoms with van der Waals surface area (Å²) in [5, 5.41) is -0.316. The van der Waals surface area contributed by atoms with E-state index in [-0.39, 0.29) is 23.1 Å². The van der Waals surface area contributed by atoms with E-state index in [9.17, 15) is 9.59 Å². The van der Waals surface area contributed by atoms with Crippen molar-refractivity contribution in [3.05, 3.63) is 35.4 Å². The molecule has 1 aromatic rings. The van der Waals surface area contributed by atoms with Crippen molar-refractivity contribution < 1.29 is 9.59 Å². The van der Waals surface area contributed by atoms with Crippen LogP contribution in [0, 0.1) is 5.92 Å². The van der Waals surface area contributed by atoms with E-state index in [4.69, 9.17) is 11.6 Å². The highest BCUT2D eigenvalue weighted by Gasteiger charge is 2.36. The molecule has 2 aliphatic heterocycles. The third-order valence-corrected chi connectivity index (χ3v) is 4.59. The standard InChI is InChI=1S/C15H16ClNO2/c16-14(18)11-6-8-12-7-5-10-3-1-2-4-13(10)15(19)17(12)9-11/h1-4,11-12H,5-9H2/t11-,12+/m0/s1. The molecule has 100 valence electrons. The number of carbonyl (C=O) groups excluding carboxylic acids is 2. The molecule has 2 atom stereocenters. The molecule has 0 unspecified atom stereocenters. The maximum Gasteiger partial charge on any atom is 0.254 e. The number of hydrogen-bond acceptors (Lipinski definition) is 2. The van der Waals surface area contributed by atoms with Gasteiger partial charge in [0.05, 0.1) is 5.92 Å². The summed E-state index contributed by atoms with van der Waals surface area (Å²) in [5.74, 6) is -0.146. The molecule has 1 saturated heterocycles. The molecule has 0 N–H and O–H groups in total. The van der Waals surface area contributed by atoms with Gasteiger partial charge in [-0.2, -0.15) is 0 Å². The van der Waals surface area contributed by atoms with Gasteiger partial charge in [0.1, 0.15) is 0 Å². The normalized spacial score (nSPS) is 26.4. The van der Waals surface area contributed by atoms with Crippen molar-refractivity contribution in [3.63, 3.8) is 0 Å². The number of hydrogen-bond donors (Lipinski definition) is 0. The summed E-state index contributed by atoms with van der Waals surface area (Å²) in [7, 11) is 0. The minimum absolute atomic E-state index is 0.0562. The van der Waals surface area contributed by atoms with Crippen molar-refractivity contribution in [2.75, 3.05) is 6.54 Å². The molecule has 0 saturated carbocycles. The molecule has 0 aromatic heterocycles. The molecule has 1 amide bonds. The monoisotopic (exact) mass is 277 g/mol. The van der Waals surface area contributed by atoms with E-state index in [0.29, 0.717) is 6.54 Å². The molecule has 19 heavy (non-hydrogen) atoms. The lowest BCUT2D eigenvalue weighted by molar-refractivity contribution is -0.116. The van der Waals surface area contributed by atoms with Crippen LogP contribution in [0.1, 0.15) is 35.2 Å². The minimum atomic E-state index is -0.316. The topological polar surface area (TPSA) is 37.4 Å². The molecular formula is C15H16ClNO2. The molecule has 3 nitrogen and oxygen atoms in total. The van der Waals surface area contributed by atoms with Gasteiger partial charge < -0.3 is 4.90 Å². The van der Waals surface area contributed by atoms with Crippen molar-refractivity contribution in [2.24, 2.45) is 5.92 Å². The third-order valence-electron chi connectivity index (χ3n) is 4.28. The fraction of sp³-hybridized carbons (Fsp3) is 0.467. The maximum atomic E-state index is 12.6. The van der Waals surface area contributed by atoms with Crippen LogP contribution in [0.3, 0.4) is 0 Å². The Balaban J connectivity index is 1.92. The Kier molecular flexibility index (Phi) is 3.31. The second kappa shape index (κ2) is 4.97. The van der Waals surface area contributed by atoms with Crippen LogP contribution in [-0.4, -0.2) is 28.6 Å². The molecular weight excluding hydrogens is 262 g/mol. The number of fused-ring (bicyclic) bond motifs is 2. The number of rotatable bonds is 1. The van der Waals surface area contributed by atoms with Gasteiger partial charge in [0.15, 0.2) is 0 Å². The molecule has 3 rings (SSSR count). The largest absolute Gasteiger partial charge is 0.335 e. The van der Waals surface area contributed by atoms with E-state index < -0.39 is 0 Å². The van der Waals surface area contributed by atoms with Crippen LogP contribution < -0.4 is 0 Å². The van der Waals surface area contributed by atoms with Crippen LogP contribution in [0.25, 0.3) is 0 Å². The van der Waals surface area contributed by atoms with Crippen LogP contribution in [0.4, 0.5) is 0 Å². The number of aryl methyl sites for hydroxylation is 1. The van der Waals surface area contributed by atoms with Gasteiger partial charge in [-0.05, 0) is 48.9 Å². The molecule has 2 aliphatic rings. The summed E-state index contributed by atoms with van der Waals surface area (Å²) in [6, 6.07) is 8.03. The van der Waals surface area contributed by atoms with E-state index in [1.807, 2.05) is 29.2 Å². The second-order valence-corrected chi connectivity index (χ2v) is 5.76. The SMILES string of the molecule is O=C(Cl)[C@H]1CC[C@H]2CCc3ccccc3C(=O)N2C1. The number of halogens is 1. The number of carbonyl (C=O) groups is 2. The summed E-state index contributed by atoms with van der Waals surface area (Å²) < 4.78 is 0. The van der Waals surface area contributed by atoms with E-state index in [0.717, 1.165) is 36.8 Å². The first-order chi connectivity index (χ1) is 9.16. The highest BCUT2D eigenvalue weighted by molar-refractivity contribution is 6.64. The Morgan fingerprint density at radius 2 is 2.00 bits per heavy atom. The number of benzene rings is 1. The van der Waals surface area contributed by atoms with Crippen LogP contribution in [-0.2, 0) is 11.2 Å². The highest BCUT2D eigenvalue weighted by Crippen LogP contribution is 2.31. The Hall–Kier alpha value is -1.35. The van der Waals surface area contributed by atoms with Gasteiger partial charge in [-0.3, -0.25) is 9.59 Å². The second-order valence-electron chi connectivity index (χ2n) is 5.39. The average Bonchev–Trinajstić information content (AvgIpc) is 2.57.